The lowest BCUT2D eigenvalue weighted by Gasteiger charge is -2.11. The molecule has 0 unspecified atom stereocenters. The Balaban J connectivity index is 0.00000529. The summed E-state index contributed by atoms with van der Waals surface area (Å²) >= 11 is 1.03. The van der Waals surface area contributed by atoms with Crippen LogP contribution in [0.4, 0.5) is 13.2 Å². The van der Waals surface area contributed by atoms with Crippen molar-refractivity contribution in [3.8, 4) is 0 Å². The maximum atomic E-state index is 12.5. The standard InChI is InChI=1S/C15H25F3N4S.HI/c1-4-19-14(20-8-5-6-11(2)3)21-9-7-13-22-12(10-23-13)15(16,17)18;/h10-11H,4-9H2,1-3H3,(H2,19,20,21);1H. The molecule has 0 aliphatic rings. The second kappa shape index (κ2) is 11.9. The highest BCUT2D eigenvalue weighted by Crippen LogP contribution is 2.29. The van der Waals surface area contributed by atoms with E-state index in [9.17, 15) is 13.2 Å². The molecule has 0 atom stereocenters. The lowest BCUT2D eigenvalue weighted by molar-refractivity contribution is -0.140. The molecule has 1 aromatic rings. The van der Waals surface area contributed by atoms with Crippen LogP contribution in [0.2, 0.25) is 0 Å². The van der Waals surface area contributed by atoms with Crippen molar-refractivity contribution < 1.29 is 13.2 Å². The van der Waals surface area contributed by atoms with Crippen molar-refractivity contribution in [2.75, 3.05) is 19.6 Å². The summed E-state index contributed by atoms with van der Waals surface area (Å²) in [4.78, 5) is 8.07. The molecule has 1 heterocycles. The van der Waals surface area contributed by atoms with Crippen molar-refractivity contribution in [3.05, 3.63) is 16.1 Å². The summed E-state index contributed by atoms with van der Waals surface area (Å²) in [6.07, 6.45) is -1.77. The van der Waals surface area contributed by atoms with Gasteiger partial charge in [-0.1, -0.05) is 13.8 Å². The highest BCUT2D eigenvalue weighted by atomic mass is 127. The third-order valence-electron chi connectivity index (χ3n) is 3.03. The molecule has 4 nitrogen and oxygen atoms in total. The SMILES string of the molecule is CCNC(=NCCCC(C)C)NCCc1nc(C(F)(F)F)cs1.I. The average molecular weight is 478 g/mol. The molecule has 1 aromatic heterocycles. The fourth-order valence-corrected chi connectivity index (χ4v) is 2.68. The molecule has 0 saturated heterocycles. The van der Waals surface area contributed by atoms with Crippen LogP contribution < -0.4 is 10.6 Å². The summed E-state index contributed by atoms with van der Waals surface area (Å²) in [6, 6.07) is 0. The first-order valence-corrected chi connectivity index (χ1v) is 8.74. The lowest BCUT2D eigenvalue weighted by atomic mass is 10.1. The van der Waals surface area contributed by atoms with Gasteiger partial charge in [0.2, 0.25) is 0 Å². The summed E-state index contributed by atoms with van der Waals surface area (Å²) in [5.41, 5.74) is -0.813. The molecule has 0 aromatic carbocycles. The average Bonchev–Trinajstić information content (AvgIpc) is 2.92. The van der Waals surface area contributed by atoms with Crippen LogP contribution in [-0.4, -0.2) is 30.6 Å². The van der Waals surface area contributed by atoms with Gasteiger partial charge in [-0.05, 0) is 25.7 Å². The number of nitrogens with one attached hydrogen (secondary N) is 2. The molecule has 0 amide bonds. The number of rotatable bonds is 8. The van der Waals surface area contributed by atoms with Crippen molar-refractivity contribution in [2.24, 2.45) is 10.9 Å². The fraction of sp³-hybridized carbons (Fsp3) is 0.733. The molecule has 0 fully saturated rings. The van der Waals surface area contributed by atoms with Crippen LogP contribution in [-0.2, 0) is 12.6 Å². The number of nitrogens with zero attached hydrogens (tertiary/aromatic N) is 2. The van der Waals surface area contributed by atoms with Crippen molar-refractivity contribution in [1.82, 2.24) is 15.6 Å². The number of guanidine groups is 1. The van der Waals surface area contributed by atoms with Crippen LogP contribution in [0.5, 0.6) is 0 Å². The van der Waals surface area contributed by atoms with Crippen molar-refractivity contribution in [1.29, 1.82) is 0 Å². The number of hydrogen-bond donors (Lipinski definition) is 2. The molecule has 0 radical (unpaired) electrons. The van der Waals surface area contributed by atoms with E-state index >= 15 is 0 Å². The van der Waals surface area contributed by atoms with Crippen LogP contribution >= 0.6 is 35.3 Å². The van der Waals surface area contributed by atoms with Gasteiger partial charge in [-0.15, -0.1) is 35.3 Å². The summed E-state index contributed by atoms with van der Waals surface area (Å²) in [5.74, 6) is 1.36. The van der Waals surface area contributed by atoms with Crippen LogP contribution in [0.3, 0.4) is 0 Å². The maximum Gasteiger partial charge on any atom is 0.434 e. The van der Waals surface area contributed by atoms with Gasteiger partial charge < -0.3 is 10.6 Å². The highest BCUT2D eigenvalue weighted by Gasteiger charge is 2.33. The maximum absolute atomic E-state index is 12.5. The van der Waals surface area contributed by atoms with E-state index in [4.69, 9.17) is 0 Å². The lowest BCUT2D eigenvalue weighted by Crippen LogP contribution is -2.38. The van der Waals surface area contributed by atoms with Gasteiger partial charge in [0.1, 0.15) is 0 Å². The normalized spacial score (nSPS) is 12.2. The minimum absolute atomic E-state index is 0. The number of aromatic nitrogens is 1. The Labute approximate surface area is 162 Å². The van der Waals surface area contributed by atoms with E-state index in [1.807, 2.05) is 6.92 Å². The molecule has 0 saturated carbocycles. The van der Waals surface area contributed by atoms with Crippen molar-refractivity contribution in [2.45, 2.75) is 46.2 Å². The van der Waals surface area contributed by atoms with Crippen LogP contribution in [0.15, 0.2) is 10.4 Å². The van der Waals surface area contributed by atoms with E-state index in [1.54, 1.807) is 0 Å². The molecule has 0 spiro atoms. The van der Waals surface area contributed by atoms with Crippen LogP contribution in [0.25, 0.3) is 0 Å². The van der Waals surface area contributed by atoms with E-state index in [0.717, 1.165) is 42.6 Å². The second-order valence-electron chi connectivity index (χ2n) is 5.60. The Kier molecular flexibility index (Phi) is 11.6. The molecule has 140 valence electrons. The Morgan fingerprint density at radius 2 is 2.04 bits per heavy atom. The number of alkyl halides is 3. The van der Waals surface area contributed by atoms with Gasteiger partial charge in [-0.2, -0.15) is 13.2 Å². The predicted molar refractivity (Wildman–Crippen MR) is 104 cm³/mol. The van der Waals surface area contributed by atoms with Crippen molar-refractivity contribution >= 4 is 41.3 Å². The first-order valence-electron chi connectivity index (χ1n) is 7.86. The third kappa shape index (κ3) is 9.65. The van der Waals surface area contributed by atoms with Crippen molar-refractivity contribution in [3.63, 3.8) is 0 Å². The third-order valence-corrected chi connectivity index (χ3v) is 3.94. The summed E-state index contributed by atoms with van der Waals surface area (Å²) in [5, 5.41) is 7.79. The van der Waals surface area contributed by atoms with E-state index < -0.39 is 11.9 Å². The summed E-state index contributed by atoms with van der Waals surface area (Å²) in [6.45, 7) is 8.31. The molecular weight excluding hydrogens is 452 g/mol. The topological polar surface area (TPSA) is 49.3 Å². The van der Waals surface area contributed by atoms with Gasteiger partial charge >= 0.3 is 6.18 Å². The number of halogens is 4. The van der Waals surface area contributed by atoms with E-state index in [2.05, 4.69) is 34.5 Å². The fourth-order valence-electron chi connectivity index (χ4n) is 1.88. The summed E-state index contributed by atoms with van der Waals surface area (Å²) < 4.78 is 37.4. The molecule has 2 N–H and O–H groups in total. The van der Waals surface area contributed by atoms with Gasteiger partial charge in [0.15, 0.2) is 11.7 Å². The highest BCUT2D eigenvalue weighted by molar-refractivity contribution is 14.0. The molecule has 1 rings (SSSR count). The van der Waals surface area contributed by atoms with Crippen LogP contribution in [0, 0.1) is 5.92 Å². The van der Waals surface area contributed by atoms with Gasteiger partial charge in [0, 0.05) is 31.4 Å². The molecular formula is C15H26F3IN4S. The monoisotopic (exact) mass is 478 g/mol. The van der Waals surface area contributed by atoms with E-state index in [-0.39, 0.29) is 24.0 Å². The van der Waals surface area contributed by atoms with Gasteiger partial charge in [0.05, 0.1) is 5.01 Å². The first kappa shape index (κ1) is 23.4. The molecule has 9 heteroatoms. The number of aliphatic imine (C=N–C) groups is 1. The first-order chi connectivity index (χ1) is 10.8. The number of thiazole rings is 1. The van der Waals surface area contributed by atoms with Gasteiger partial charge in [0.25, 0.3) is 0 Å². The predicted octanol–water partition coefficient (Wildman–Crippen LogP) is 4.31. The molecule has 0 aliphatic carbocycles. The minimum Gasteiger partial charge on any atom is -0.357 e. The van der Waals surface area contributed by atoms with E-state index in [1.165, 1.54) is 0 Å². The molecule has 0 aliphatic heterocycles. The molecule has 24 heavy (non-hydrogen) atoms. The number of hydrogen-bond acceptors (Lipinski definition) is 3. The quantitative estimate of drug-likeness (QED) is 0.253. The van der Waals surface area contributed by atoms with Gasteiger partial charge in [-0.25, -0.2) is 4.98 Å². The Morgan fingerprint density at radius 1 is 1.33 bits per heavy atom. The second-order valence-corrected chi connectivity index (χ2v) is 6.54. The Bertz CT molecular complexity index is 489. The molecule has 0 bridgehead atoms. The Morgan fingerprint density at radius 3 is 2.58 bits per heavy atom. The summed E-state index contributed by atoms with van der Waals surface area (Å²) in [7, 11) is 0. The van der Waals surface area contributed by atoms with E-state index in [0.29, 0.717) is 29.9 Å². The zero-order valence-electron chi connectivity index (χ0n) is 14.2. The largest absolute Gasteiger partial charge is 0.434 e. The Hall–Kier alpha value is -0.580. The smallest absolute Gasteiger partial charge is 0.357 e. The van der Waals surface area contributed by atoms with Crippen LogP contribution in [0.1, 0.15) is 44.3 Å². The minimum atomic E-state index is -4.37. The zero-order valence-corrected chi connectivity index (χ0v) is 17.4. The van der Waals surface area contributed by atoms with Gasteiger partial charge in [-0.3, -0.25) is 4.99 Å². The zero-order chi connectivity index (χ0) is 17.3.